The molecule has 2 aromatic rings. The van der Waals surface area contributed by atoms with Crippen molar-refractivity contribution < 1.29 is 18.3 Å². The zero-order chi connectivity index (χ0) is 20.1. The van der Waals surface area contributed by atoms with Crippen molar-refractivity contribution in [2.24, 2.45) is 12.0 Å². The van der Waals surface area contributed by atoms with Crippen LogP contribution >= 0.6 is 35.3 Å². The maximum absolute atomic E-state index is 13.5. The first-order valence-electron chi connectivity index (χ1n) is 8.37. The average Bonchev–Trinajstić information content (AvgIpc) is 3.19. The molecule has 0 saturated carbocycles. The number of aliphatic hydroxyl groups is 1. The molecule has 1 unspecified atom stereocenters. The normalized spacial score (nSPS) is 14.3. The number of rotatable bonds is 7. The molecule has 0 aliphatic heterocycles. The number of nitrogens with zero attached hydrogens (tertiary/aromatic N) is 4. The minimum atomic E-state index is -4.86. The van der Waals surface area contributed by atoms with Crippen LogP contribution in [0, 0.1) is 6.92 Å². The summed E-state index contributed by atoms with van der Waals surface area (Å²) in [6, 6.07) is 0. The molecule has 0 bridgehead atoms. The predicted molar refractivity (Wildman–Crippen MR) is 113 cm³/mol. The first-order chi connectivity index (χ1) is 12.7. The second kappa shape index (κ2) is 10.4. The number of nitrogens with one attached hydrogen (secondary N) is 2. The number of aromatic nitrogens is 3. The third kappa shape index (κ3) is 6.04. The molecule has 0 aromatic carbocycles. The Labute approximate surface area is 182 Å². The first kappa shape index (κ1) is 24.6. The van der Waals surface area contributed by atoms with Crippen molar-refractivity contribution in [2.75, 3.05) is 13.1 Å². The van der Waals surface area contributed by atoms with Crippen LogP contribution in [0.15, 0.2) is 23.6 Å². The Morgan fingerprint density at radius 2 is 2.04 bits per heavy atom. The fourth-order valence-electron chi connectivity index (χ4n) is 2.47. The van der Waals surface area contributed by atoms with E-state index in [0.29, 0.717) is 19.0 Å². The van der Waals surface area contributed by atoms with Crippen molar-refractivity contribution in [3.05, 3.63) is 34.3 Å². The van der Waals surface area contributed by atoms with E-state index in [0.717, 1.165) is 14.5 Å². The summed E-state index contributed by atoms with van der Waals surface area (Å²) in [5.41, 5.74) is -3.05. The molecule has 0 saturated heterocycles. The Kier molecular flexibility index (Phi) is 9.14. The number of hydrogen-bond donors (Lipinski definition) is 3. The van der Waals surface area contributed by atoms with Gasteiger partial charge in [-0.15, -0.1) is 35.3 Å². The van der Waals surface area contributed by atoms with Gasteiger partial charge in [0, 0.05) is 50.0 Å². The number of imidazole rings is 1. The molecule has 28 heavy (non-hydrogen) atoms. The molecule has 3 N–H and O–H groups in total. The molecule has 1 atom stereocenters. The van der Waals surface area contributed by atoms with Gasteiger partial charge < -0.3 is 20.3 Å². The summed E-state index contributed by atoms with van der Waals surface area (Å²) in [6.45, 7) is 4.50. The van der Waals surface area contributed by atoms with Crippen molar-refractivity contribution in [1.29, 1.82) is 0 Å². The Morgan fingerprint density at radius 3 is 2.54 bits per heavy atom. The van der Waals surface area contributed by atoms with Gasteiger partial charge in [-0.3, -0.25) is 0 Å². The van der Waals surface area contributed by atoms with Crippen molar-refractivity contribution >= 4 is 41.3 Å². The molecule has 0 fully saturated rings. The Balaban J connectivity index is 0.00000392. The van der Waals surface area contributed by atoms with E-state index in [1.165, 1.54) is 30.8 Å². The number of hydrogen-bond acceptors (Lipinski definition) is 5. The Morgan fingerprint density at radius 1 is 1.32 bits per heavy atom. The van der Waals surface area contributed by atoms with Gasteiger partial charge in [0.1, 0.15) is 10.8 Å². The lowest BCUT2D eigenvalue weighted by Gasteiger charge is -2.30. The van der Waals surface area contributed by atoms with E-state index < -0.39 is 24.0 Å². The van der Waals surface area contributed by atoms with Crippen LogP contribution in [-0.2, 0) is 19.2 Å². The maximum atomic E-state index is 13.5. The van der Waals surface area contributed by atoms with Crippen molar-refractivity contribution in [1.82, 2.24) is 25.2 Å². The summed E-state index contributed by atoms with van der Waals surface area (Å²) in [5.74, 6) is -0.0910. The number of thiazole rings is 1. The molecule has 0 spiro atoms. The second-order valence-corrected chi connectivity index (χ2v) is 7.28. The quantitative estimate of drug-likeness (QED) is 0.290. The molecule has 0 aliphatic rings. The van der Waals surface area contributed by atoms with Gasteiger partial charge in [0.15, 0.2) is 5.96 Å². The largest absolute Gasteiger partial charge is 0.424 e. The zero-order valence-electron chi connectivity index (χ0n) is 15.7. The maximum Gasteiger partial charge on any atom is 0.424 e. The van der Waals surface area contributed by atoms with Crippen LogP contribution in [-0.4, -0.2) is 44.9 Å². The summed E-state index contributed by atoms with van der Waals surface area (Å²) in [5, 5.41) is 16.9. The molecule has 0 radical (unpaired) electrons. The highest BCUT2D eigenvalue weighted by atomic mass is 127. The first-order valence-corrected chi connectivity index (χ1v) is 9.19. The van der Waals surface area contributed by atoms with Crippen LogP contribution < -0.4 is 10.6 Å². The van der Waals surface area contributed by atoms with E-state index in [9.17, 15) is 18.3 Å². The van der Waals surface area contributed by atoms with E-state index >= 15 is 0 Å². The Bertz CT molecular complexity index is 779. The summed E-state index contributed by atoms with van der Waals surface area (Å²) < 4.78 is 41.7. The van der Waals surface area contributed by atoms with E-state index in [2.05, 4.69) is 25.6 Å². The Hall–Kier alpha value is -1.41. The third-order valence-corrected chi connectivity index (χ3v) is 4.72. The molecule has 7 nitrogen and oxygen atoms in total. The van der Waals surface area contributed by atoms with Crippen LogP contribution in [0.25, 0.3) is 0 Å². The highest BCUT2D eigenvalue weighted by Gasteiger charge is 2.57. The van der Waals surface area contributed by atoms with Crippen LogP contribution in [0.1, 0.15) is 29.1 Å². The smallest absolute Gasteiger partial charge is 0.374 e. The molecular formula is C16H24F3IN6OS. The molecule has 158 valence electrons. The van der Waals surface area contributed by atoms with Crippen LogP contribution in [0.5, 0.6) is 0 Å². The van der Waals surface area contributed by atoms with Crippen molar-refractivity contribution in [3.63, 3.8) is 0 Å². The highest BCUT2D eigenvalue weighted by molar-refractivity contribution is 14.0. The number of guanidine groups is 1. The highest BCUT2D eigenvalue weighted by Crippen LogP contribution is 2.40. The topological polar surface area (TPSA) is 87.4 Å². The van der Waals surface area contributed by atoms with E-state index in [4.69, 9.17) is 0 Å². The van der Waals surface area contributed by atoms with Gasteiger partial charge in [-0.25, -0.2) is 15.0 Å². The SMILES string of the molecule is CCNC(=NCc1ncc(C)s1)NCCC(O)(c1nccn1C)C(F)(F)F.I. The lowest BCUT2D eigenvalue weighted by atomic mass is 9.97. The predicted octanol–water partition coefficient (Wildman–Crippen LogP) is 2.70. The van der Waals surface area contributed by atoms with Gasteiger partial charge in [0.05, 0.1) is 6.54 Å². The fraction of sp³-hybridized carbons (Fsp3) is 0.562. The van der Waals surface area contributed by atoms with E-state index in [-0.39, 0.29) is 30.5 Å². The number of aliphatic imine (C=N–C) groups is 1. The molecule has 2 heterocycles. The number of aryl methyl sites for hydroxylation is 2. The molecule has 12 heteroatoms. The minimum absolute atomic E-state index is 0. The van der Waals surface area contributed by atoms with Crippen molar-refractivity contribution in [3.8, 4) is 0 Å². The molecule has 2 aromatic heterocycles. The lowest BCUT2D eigenvalue weighted by molar-refractivity contribution is -0.272. The van der Waals surface area contributed by atoms with Gasteiger partial charge in [-0.05, 0) is 13.8 Å². The molecule has 2 rings (SSSR count). The summed E-state index contributed by atoms with van der Waals surface area (Å²) in [4.78, 5) is 13.3. The minimum Gasteiger partial charge on any atom is -0.374 e. The average molecular weight is 532 g/mol. The van der Waals surface area contributed by atoms with Crippen LogP contribution in [0.3, 0.4) is 0 Å². The van der Waals surface area contributed by atoms with Crippen LogP contribution in [0.4, 0.5) is 13.2 Å². The summed E-state index contributed by atoms with van der Waals surface area (Å²) in [7, 11) is 1.41. The summed E-state index contributed by atoms with van der Waals surface area (Å²) >= 11 is 1.51. The lowest BCUT2D eigenvalue weighted by Crippen LogP contribution is -2.47. The standard InChI is InChI=1S/C16H23F3N6OS.HI/c1-4-20-14(24-10-12-23-9-11(2)27-12)22-6-5-15(26,16(17,18)19)13-21-7-8-25(13)3;/h7-9,26H,4-6,10H2,1-3H3,(H2,20,22,24);1H. The summed E-state index contributed by atoms with van der Waals surface area (Å²) in [6.07, 6.45) is -1.14. The molecule has 0 aliphatic carbocycles. The van der Waals surface area contributed by atoms with Crippen LogP contribution in [0.2, 0.25) is 0 Å². The zero-order valence-corrected chi connectivity index (χ0v) is 18.9. The monoisotopic (exact) mass is 532 g/mol. The van der Waals surface area contributed by atoms with Crippen molar-refractivity contribution in [2.45, 2.75) is 38.6 Å². The number of alkyl halides is 3. The van der Waals surface area contributed by atoms with E-state index in [1.54, 1.807) is 6.20 Å². The van der Waals surface area contributed by atoms with Gasteiger partial charge in [0.25, 0.3) is 0 Å². The third-order valence-electron chi connectivity index (χ3n) is 3.83. The van der Waals surface area contributed by atoms with Gasteiger partial charge in [-0.1, -0.05) is 0 Å². The van der Waals surface area contributed by atoms with E-state index in [1.807, 2.05) is 13.8 Å². The number of halogens is 4. The molecule has 0 amide bonds. The second-order valence-electron chi connectivity index (χ2n) is 5.96. The van der Waals surface area contributed by atoms with Gasteiger partial charge in [0.2, 0.25) is 5.60 Å². The fourth-order valence-corrected chi connectivity index (χ4v) is 3.18. The molecular weight excluding hydrogens is 508 g/mol. The van der Waals surface area contributed by atoms with Gasteiger partial charge in [-0.2, -0.15) is 13.2 Å². The van der Waals surface area contributed by atoms with Gasteiger partial charge >= 0.3 is 6.18 Å².